The fourth-order valence-corrected chi connectivity index (χ4v) is 2.85. The number of nitrogens with zero attached hydrogens (tertiary/aromatic N) is 2. The zero-order valence-electron chi connectivity index (χ0n) is 10.9. The number of hydrazine groups is 1. The molecule has 0 spiro atoms. The summed E-state index contributed by atoms with van der Waals surface area (Å²) in [6.07, 6.45) is 1.73. The maximum atomic E-state index is 12.3. The Morgan fingerprint density at radius 3 is 3.00 bits per heavy atom. The van der Waals surface area contributed by atoms with Crippen molar-refractivity contribution in [3.05, 3.63) is 63.7 Å². The third-order valence-electron chi connectivity index (χ3n) is 3.10. The van der Waals surface area contributed by atoms with Crippen molar-refractivity contribution in [2.24, 2.45) is 5.84 Å². The molecule has 21 heavy (non-hydrogen) atoms. The van der Waals surface area contributed by atoms with Gasteiger partial charge in [0.25, 0.3) is 11.5 Å². The standard InChI is InChI=1S/C14H12N4O2S/c15-17-13(19)11-3-1-2-9(16-11)8-18-6-4-12-10(14(18)20)5-7-21-12/h1-7H,8,15H2,(H,17,19). The van der Waals surface area contributed by atoms with Crippen LogP contribution in [-0.2, 0) is 6.54 Å². The van der Waals surface area contributed by atoms with Gasteiger partial charge in [0.1, 0.15) is 5.69 Å². The number of carbonyl (C=O) groups excluding carboxylic acids is 1. The van der Waals surface area contributed by atoms with Gasteiger partial charge in [-0.05, 0) is 29.6 Å². The summed E-state index contributed by atoms with van der Waals surface area (Å²) in [5.74, 6) is 4.63. The first kappa shape index (κ1) is 13.5. The largest absolute Gasteiger partial charge is 0.309 e. The van der Waals surface area contributed by atoms with Crippen molar-refractivity contribution in [3.8, 4) is 0 Å². The molecule has 7 heteroatoms. The molecule has 0 radical (unpaired) electrons. The summed E-state index contributed by atoms with van der Waals surface area (Å²) in [7, 11) is 0. The fraction of sp³-hybridized carbons (Fsp3) is 0.0714. The molecule has 1 amide bonds. The molecule has 3 N–H and O–H groups in total. The van der Waals surface area contributed by atoms with E-state index in [1.54, 1.807) is 29.0 Å². The van der Waals surface area contributed by atoms with Crippen molar-refractivity contribution in [2.75, 3.05) is 0 Å². The number of hydrogen-bond acceptors (Lipinski definition) is 5. The average Bonchev–Trinajstić information content (AvgIpc) is 2.99. The van der Waals surface area contributed by atoms with E-state index in [4.69, 9.17) is 5.84 Å². The molecule has 0 aliphatic heterocycles. The van der Waals surface area contributed by atoms with Crippen LogP contribution in [-0.4, -0.2) is 15.5 Å². The van der Waals surface area contributed by atoms with Crippen LogP contribution in [0.1, 0.15) is 16.2 Å². The maximum absolute atomic E-state index is 12.3. The molecular weight excluding hydrogens is 288 g/mol. The van der Waals surface area contributed by atoms with E-state index in [1.165, 1.54) is 11.3 Å². The van der Waals surface area contributed by atoms with Crippen molar-refractivity contribution in [1.82, 2.24) is 15.0 Å². The Labute approximate surface area is 123 Å². The van der Waals surface area contributed by atoms with Crippen LogP contribution in [0, 0.1) is 0 Å². The van der Waals surface area contributed by atoms with Crippen LogP contribution in [0.3, 0.4) is 0 Å². The van der Waals surface area contributed by atoms with Gasteiger partial charge in [-0.1, -0.05) is 6.07 Å². The zero-order chi connectivity index (χ0) is 14.8. The van der Waals surface area contributed by atoms with E-state index < -0.39 is 5.91 Å². The second kappa shape index (κ2) is 5.47. The lowest BCUT2D eigenvalue weighted by Crippen LogP contribution is -2.31. The van der Waals surface area contributed by atoms with Gasteiger partial charge in [-0.15, -0.1) is 11.3 Å². The number of amides is 1. The lowest BCUT2D eigenvalue weighted by atomic mass is 10.2. The average molecular weight is 300 g/mol. The highest BCUT2D eigenvalue weighted by Crippen LogP contribution is 2.16. The van der Waals surface area contributed by atoms with Gasteiger partial charge in [-0.3, -0.25) is 15.0 Å². The van der Waals surface area contributed by atoms with Crippen molar-refractivity contribution in [3.63, 3.8) is 0 Å². The maximum Gasteiger partial charge on any atom is 0.283 e. The number of fused-ring (bicyclic) bond motifs is 1. The van der Waals surface area contributed by atoms with E-state index in [1.807, 2.05) is 22.9 Å². The molecule has 0 aliphatic carbocycles. The molecule has 0 saturated heterocycles. The summed E-state index contributed by atoms with van der Waals surface area (Å²) in [6.45, 7) is 0.302. The van der Waals surface area contributed by atoms with Gasteiger partial charge in [0.05, 0.1) is 17.6 Å². The number of aromatic nitrogens is 2. The number of nitrogen functional groups attached to an aromatic ring is 1. The Hall–Kier alpha value is -2.51. The number of carbonyl (C=O) groups is 1. The molecule has 6 nitrogen and oxygen atoms in total. The lowest BCUT2D eigenvalue weighted by Gasteiger charge is -2.06. The van der Waals surface area contributed by atoms with E-state index in [0.717, 1.165) is 4.70 Å². The number of pyridine rings is 2. The summed E-state index contributed by atoms with van der Waals surface area (Å²) < 4.78 is 2.53. The minimum absolute atomic E-state index is 0.0655. The van der Waals surface area contributed by atoms with Crippen LogP contribution in [0.15, 0.2) is 46.7 Å². The molecule has 0 atom stereocenters. The first-order valence-electron chi connectivity index (χ1n) is 6.22. The van der Waals surface area contributed by atoms with Gasteiger partial charge in [-0.2, -0.15) is 0 Å². The van der Waals surface area contributed by atoms with Crippen LogP contribution in [0.2, 0.25) is 0 Å². The molecule has 3 aromatic heterocycles. The van der Waals surface area contributed by atoms with Gasteiger partial charge in [0.15, 0.2) is 0 Å². The molecule has 0 saturated carbocycles. The van der Waals surface area contributed by atoms with E-state index in [9.17, 15) is 9.59 Å². The van der Waals surface area contributed by atoms with Gasteiger partial charge in [0, 0.05) is 10.9 Å². The zero-order valence-corrected chi connectivity index (χ0v) is 11.8. The fourth-order valence-electron chi connectivity index (χ4n) is 2.07. The molecule has 0 aromatic carbocycles. The second-order valence-corrected chi connectivity index (χ2v) is 5.38. The predicted molar refractivity (Wildman–Crippen MR) is 81.1 cm³/mol. The van der Waals surface area contributed by atoms with Gasteiger partial charge < -0.3 is 4.57 Å². The Balaban J connectivity index is 1.97. The Bertz CT molecular complexity index is 869. The number of nitrogens with one attached hydrogen (secondary N) is 1. The summed E-state index contributed by atoms with van der Waals surface area (Å²) in [5, 5.41) is 2.58. The minimum Gasteiger partial charge on any atom is -0.309 e. The van der Waals surface area contributed by atoms with E-state index >= 15 is 0 Å². The van der Waals surface area contributed by atoms with E-state index in [-0.39, 0.29) is 11.3 Å². The van der Waals surface area contributed by atoms with Gasteiger partial charge >= 0.3 is 0 Å². The lowest BCUT2D eigenvalue weighted by molar-refractivity contribution is 0.0948. The van der Waals surface area contributed by atoms with Crippen LogP contribution >= 0.6 is 11.3 Å². The molecule has 0 unspecified atom stereocenters. The van der Waals surface area contributed by atoms with Crippen molar-refractivity contribution in [1.29, 1.82) is 0 Å². The normalized spacial score (nSPS) is 10.7. The Kier molecular flexibility index (Phi) is 3.51. The molecule has 106 valence electrons. The van der Waals surface area contributed by atoms with Gasteiger partial charge in [0.2, 0.25) is 0 Å². The Morgan fingerprint density at radius 1 is 1.33 bits per heavy atom. The third kappa shape index (κ3) is 2.56. The molecular formula is C14H12N4O2S. The molecule has 0 aliphatic rings. The summed E-state index contributed by atoms with van der Waals surface area (Å²) in [6, 6.07) is 8.75. The van der Waals surface area contributed by atoms with Crippen LogP contribution in [0.25, 0.3) is 10.1 Å². The molecule has 3 aromatic rings. The number of hydrogen-bond donors (Lipinski definition) is 2. The molecule has 3 rings (SSSR count). The molecule has 0 bridgehead atoms. The first-order valence-corrected chi connectivity index (χ1v) is 7.10. The van der Waals surface area contributed by atoms with Crippen LogP contribution in [0.4, 0.5) is 0 Å². The molecule has 3 heterocycles. The summed E-state index contributed by atoms with van der Waals surface area (Å²) in [4.78, 5) is 28.0. The van der Waals surface area contributed by atoms with Crippen LogP contribution in [0.5, 0.6) is 0 Å². The quantitative estimate of drug-likeness (QED) is 0.431. The number of rotatable bonds is 3. The van der Waals surface area contributed by atoms with Crippen molar-refractivity contribution in [2.45, 2.75) is 6.54 Å². The number of nitrogens with two attached hydrogens (primary N) is 1. The summed E-state index contributed by atoms with van der Waals surface area (Å²) in [5.41, 5.74) is 2.81. The van der Waals surface area contributed by atoms with Crippen molar-refractivity contribution >= 4 is 27.3 Å². The SMILES string of the molecule is NNC(=O)c1cccc(Cn2ccc3sccc3c2=O)n1. The monoisotopic (exact) mass is 300 g/mol. The Morgan fingerprint density at radius 2 is 2.19 bits per heavy atom. The highest BCUT2D eigenvalue weighted by atomic mass is 32.1. The smallest absolute Gasteiger partial charge is 0.283 e. The topological polar surface area (TPSA) is 90.0 Å². The second-order valence-electron chi connectivity index (χ2n) is 4.43. The highest BCUT2D eigenvalue weighted by Gasteiger charge is 2.08. The summed E-state index contributed by atoms with van der Waals surface area (Å²) >= 11 is 1.53. The highest BCUT2D eigenvalue weighted by molar-refractivity contribution is 7.17. The minimum atomic E-state index is -0.461. The third-order valence-corrected chi connectivity index (χ3v) is 3.98. The van der Waals surface area contributed by atoms with Crippen LogP contribution < -0.4 is 16.8 Å². The van der Waals surface area contributed by atoms with Gasteiger partial charge in [-0.25, -0.2) is 10.8 Å². The predicted octanol–water partition coefficient (Wildman–Crippen LogP) is 1.11. The van der Waals surface area contributed by atoms with E-state index in [0.29, 0.717) is 17.6 Å². The molecule has 0 fully saturated rings. The number of thiophene rings is 1. The van der Waals surface area contributed by atoms with E-state index in [2.05, 4.69) is 4.98 Å². The first-order chi connectivity index (χ1) is 10.2. The van der Waals surface area contributed by atoms with Crippen molar-refractivity contribution < 1.29 is 4.79 Å².